The summed E-state index contributed by atoms with van der Waals surface area (Å²) in [5.74, 6) is 0.973. The van der Waals surface area contributed by atoms with E-state index < -0.39 is 36.8 Å². The van der Waals surface area contributed by atoms with Crippen molar-refractivity contribution in [2.45, 2.75) is 77.0 Å². The molecule has 0 saturated heterocycles. The molecule has 0 amide bonds. The van der Waals surface area contributed by atoms with Gasteiger partial charge in [0.1, 0.15) is 0 Å². The summed E-state index contributed by atoms with van der Waals surface area (Å²) in [6.45, 7) is 6.34. The van der Waals surface area contributed by atoms with Gasteiger partial charge < -0.3 is 0 Å². The van der Waals surface area contributed by atoms with Crippen LogP contribution in [0.1, 0.15) is 45.4 Å². The Kier molecular flexibility index (Phi) is 10.0. The fraction of sp³-hybridized carbons (Fsp3) is 0.882. The molecule has 0 bridgehead atoms. The van der Waals surface area contributed by atoms with Gasteiger partial charge in [-0.2, -0.15) is 0 Å². The molecule has 0 fully saturated rings. The molecule has 0 heterocycles. The predicted octanol–water partition coefficient (Wildman–Crippen LogP) is 6.73. The van der Waals surface area contributed by atoms with Crippen LogP contribution in [0.4, 0.5) is 0 Å². The number of allylic oxidation sites excluding steroid dienone is 1. The minimum absolute atomic E-state index is 0.973. The van der Waals surface area contributed by atoms with Crippen molar-refractivity contribution in [3.05, 3.63) is 12.7 Å². The third-order valence-corrected chi connectivity index (χ3v) is 50.7. The molecular formula is C17H38Sn2. The quantitative estimate of drug-likeness (QED) is 0.185. The second-order valence-corrected chi connectivity index (χ2v) is 43.6. The van der Waals surface area contributed by atoms with Gasteiger partial charge in [0.2, 0.25) is 0 Å². The summed E-state index contributed by atoms with van der Waals surface area (Å²) >= 11 is -3.64. The molecule has 0 rings (SSSR count). The van der Waals surface area contributed by atoms with Crippen molar-refractivity contribution in [2.75, 3.05) is 0 Å². The first kappa shape index (κ1) is 20.3. The van der Waals surface area contributed by atoms with Crippen LogP contribution >= 0.6 is 0 Å². The first-order valence-electron chi connectivity index (χ1n) is 8.25. The third kappa shape index (κ3) is 8.38. The molecule has 0 aliphatic carbocycles. The average Bonchev–Trinajstić information content (AvgIpc) is 2.20. The fourth-order valence-electron chi connectivity index (χ4n) is 4.18. The van der Waals surface area contributed by atoms with E-state index in [1.54, 1.807) is 0 Å². The normalized spacial score (nSPS) is 14.7. The molecule has 0 aromatic rings. The monoisotopic (exact) mass is 482 g/mol. The molecule has 1 atom stereocenters. The molecule has 0 radical (unpaired) electrons. The zero-order chi connectivity index (χ0) is 15.1. The Morgan fingerprint density at radius 3 is 1.79 bits per heavy atom. The van der Waals surface area contributed by atoms with Gasteiger partial charge in [-0.15, -0.1) is 0 Å². The van der Waals surface area contributed by atoms with Crippen LogP contribution in [0.5, 0.6) is 0 Å². The summed E-state index contributed by atoms with van der Waals surface area (Å²) in [4.78, 5) is 16.0. The second kappa shape index (κ2) is 9.37. The van der Waals surface area contributed by atoms with Crippen LogP contribution < -0.4 is 0 Å². The van der Waals surface area contributed by atoms with Crippen molar-refractivity contribution in [2.24, 2.45) is 5.92 Å². The van der Waals surface area contributed by atoms with Crippen molar-refractivity contribution in [1.29, 1.82) is 0 Å². The molecule has 0 aliphatic rings. The summed E-state index contributed by atoms with van der Waals surface area (Å²) in [7, 11) is 0. The molecule has 0 nitrogen and oxygen atoms in total. The van der Waals surface area contributed by atoms with E-state index in [9.17, 15) is 0 Å². The summed E-state index contributed by atoms with van der Waals surface area (Å²) in [6.07, 6.45) is 10.6. The zero-order valence-corrected chi connectivity index (χ0v) is 20.4. The summed E-state index contributed by atoms with van der Waals surface area (Å²) in [6, 6.07) is 0. The number of hydrogen-bond acceptors (Lipinski definition) is 0. The van der Waals surface area contributed by atoms with Gasteiger partial charge in [-0.05, 0) is 0 Å². The topological polar surface area (TPSA) is 0 Å². The van der Waals surface area contributed by atoms with Crippen LogP contribution in [0.25, 0.3) is 0 Å². The molecule has 0 aliphatic heterocycles. The van der Waals surface area contributed by atoms with Crippen LogP contribution in [0, 0.1) is 5.92 Å². The zero-order valence-electron chi connectivity index (χ0n) is 14.7. The number of rotatable bonds is 10. The van der Waals surface area contributed by atoms with Gasteiger partial charge in [-0.25, -0.2) is 0 Å². The molecule has 0 saturated carbocycles. The Labute approximate surface area is 131 Å². The van der Waals surface area contributed by atoms with Crippen LogP contribution in [0.3, 0.4) is 0 Å². The molecule has 0 aromatic carbocycles. The van der Waals surface area contributed by atoms with Crippen molar-refractivity contribution >= 4 is 36.8 Å². The molecule has 2 heteroatoms. The molecule has 0 aromatic heterocycles. The summed E-state index contributed by atoms with van der Waals surface area (Å²) in [5.41, 5.74) is 0. The number of unbranched alkanes of at least 4 members (excludes halogenated alkanes) is 3. The Morgan fingerprint density at radius 1 is 0.895 bits per heavy atom. The maximum absolute atomic E-state index is 4.04. The van der Waals surface area contributed by atoms with E-state index in [-0.39, 0.29) is 0 Å². The Morgan fingerprint density at radius 2 is 1.42 bits per heavy atom. The van der Waals surface area contributed by atoms with Gasteiger partial charge in [0.05, 0.1) is 0 Å². The van der Waals surface area contributed by atoms with Gasteiger partial charge >= 0.3 is 132 Å². The van der Waals surface area contributed by atoms with Gasteiger partial charge in [-0.3, -0.25) is 0 Å². The van der Waals surface area contributed by atoms with E-state index in [1.807, 2.05) is 0 Å². The van der Waals surface area contributed by atoms with Crippen LogP contribution in [0.15, 0.2) is 12.7 Å². The Bertz CT molecular complexity index is 231. The van der Waals surface area contributed by atoms with Gasteiger partial charge in [0.15, 0.2) is 0 Å². The van der Waals surface area contributed by atoms with E-state index in [1.165, 1.54) is 40.5 Å². The summed E-state index contributed by atoms with van der Waals surface area (Å²) < 4.78 is 1.17. The van der Waals surface area contributed by atoms with E-state index in [0.29, 0.717) is 0 Å². The molecule has 1 unspecified atom stereocenters. The third-order valence-electron chi connectivity index (χ3n) is 4.24. The standard InChI is InChI=1S/C11H20.6CH3.2Sn/c1-4-6-7-8-10-11(3)9-5-2;;;;;;;;/h3,5,11H,2,4,6-10H2,1H3;6*1H3;;. The van der Waals surface area contributed by atoms with Crippen molar-refractivity contribution in [3.63, 3.8) is 0 Å². The molecule has 114 valence electrons. The van der Waals surface area contributed by atoms with Crippen molar-refractivity contribution in [3.8, 4) is 0 Å². The van der Waals surface area contributed by atoms with Crippen LogP contribution in [-0.4, -0.2) is 36.8 Å². The summed E-state index contributed by atoms with van der Waals surface area (Å²) in [5, 5.41) is 0. The number of hydrogen-bond donors (Lipinski definition) is 0. The molecule has 19 heavy (non-hydrogen) atoms. The van der Waals surface area contributed by atoms with Crippen molar-refractivity contribution in [1.82, 2.24) is 0 Å². The molecule has 0 spiro atoms. The molecular weight excluding hydrogens is 442 g/mol. The van der Waals surface area contributed by atoms with Crippen LogP contribution in [0.2, 0.25) is 31.6 Å². The second-order valence-electron chi connectivity index (χ2n) is 8.34. The van der Waals surface area contributed by atoms with E-state index in [0.717, 1.165) is 5.92 Å². The van der Waals surface area contributed by atoms with E-state index in [2.05, 4.69) is 49.2 Å². The fourth-order valence-corrected chi connectivity index (χ4v) is 71.1. The maximum atomic E-state index is 4.04. The van der Waals surface area contributed by atoms with Gasteiger partial charge in [0.25, 0.3) is 0 Å². The van der Waals surface area contributed by atoms with Crippen molar-refractivity contribution < 1.29 is 0 Å². The first-order chi connectivity index (χ1) is 8.64. The van der Waals surface area contributed by atoms with Crippen LogP contribution in [-0.2, 0) is 0 Å². The molecule has 0 N–H and O–H groups in total. The van der Waals surface area contributed by atoms with Gasteiger partial charge in [-0.1, -0.05) is 0 Å². The Balaban J connectivity index is 4.82. The Hall–Kier alpha value is 1.34. The first-order valence-corrected chi connectivity index (χ1v) is 28.7. The van der Waals surface area contributed by atoms with E-state index >= 15 is 0 Å². The average molecular weight is 480 g/mol. The predicted molar refractivity (Wildman–Crippen MR) is 97.5 cm³/mol. The van der Waals surface area contributed by atoms with Gasteiger partial charge in [0, 0.05) is 0 Å². The minimum atomic E-state index is -1.82. The SMILES string of the molecule is C=CCC(CCCCCC)[CH]([Sn]([CH3])([CH3])[CH3])[Sn]([CH3])([CH3])[CH3]. The van der Waals surface area contributed by atoms with E-state index in [4.69, 9.17) is 0 Å².